The van der Waals surface area contributed by atoms with Gasteiger partial charge in [0.05, 0.1) is 6.61 Å². The van der Waals surface area contributed by atoms with Crippen LogP contribution < -0.4 is 0 Å². The molecule has 0 aromatic heterocycles. The SMILES string of the molecule is CCC(=O)OCC(C)(CO)C(=O)OCc1ccccc1. The van der Waals surface area contributed by atoms with E-state index in [9.17, 15) is 14.7 Å². The van der Waals surface area contributed by atoms with Crippen LogP contribution in [0.25, 0.3) is 0 Å². The van der Waals surface area contributed by atoms with E-state index in [1.165, 1.54) is 6.92 Å². The molecule has 0 amide bonds. The van der Waals surface area contributed by atoms with Crippen LogP contribution in [0.3, 0.4) is 0 Å². The second-order valence-corrected chi connectivity index (χ2v) is 4.79. The number of hydrogen-bond acceptors (Lipinski definition) is 5. The summed E-state index contributed by atoms with van der Waals surface area (Å²) < 4.78 is 10.1. The van der Waals surface area contributed by atoms with Crippen LogP contribution in [0.1, 0.15) is 25.8 Å². The Bertz CT molecular complexity index is 443. The first-order valence-electron chi connectivity index (χ1n) is 6.49. The van der Waals surface area contributed by atoms with Crippen LogP contribution in [0.2, 0.25) is 0 Å². The lowest BCUT2D eigenvalue weighted by molar-refractivity contribution is -0.166. The Hall–Kier alpha value is -1.88. The third kappa shape index (κ3) is 4.66. The lowest BCUT2D eigenvalue weighted by Gasteiger charge is -2.24. The standard InChI is InChI=1S/C15H20O5/c1-3-13(17)20-11-15(2,10-16)14(18)19-9-12-7-5-4-6-8-12/h4-8,16H,3,9-11H2,1-2H3. The first-order chi connectivity index (χ1) is 9.51. The average Bonchev–Trinajstić information content (AvgIpc) is 2.50. The fourth-order valence-electron chi connectivity index (χ4n) is 1.41. The monoisotopic (exact) mass is 280 g/mol. The van der Waals surface area contributed by atoms with E-state index in [0.717, 1.165) is 5.56 Å². The zero-order valence-corrected chi connectivity index (χ0v) is 11.8. The highest BCUT2D eigenvalue weighted by molar-refractivity contribution is 5.77. The van der Waals surface area contributed by atoms with Crippen LogP contribution in [0.5, 0.6) is 0 Å². The Morgan fingerprint density at radius 3 is 2.40 bits per heavy atom. The van der Waals surface area contributed by atoms with E-state index in [1.54, 1.807) is 6.92 Å². The molecule has 0 aliphatic heterocycles. The summed E-state index contributed by atoms with van der Waals surface area (Å²) >= 11 is 0. The number of ether oxygens (including phenoxy) is 2. The minimum Gasteiger partial charge on any atom is -0.464 e. The number of carbonyl (C=O) groups excluding carboxylic acids is 2. The van der Waals surface area contributed by atoms with Crippen LogP contribution >= 0.6 is 0 Å². The van der Waals surface area contributed by atoms with Gasteiger partial charge in [-0.05, 0) is 12.5 Å². The molecule has 0 saturated carbocycles. The minimum absolute atomic E-state index is 0.122. The predicted octanol–water partition coefficient (Wildman–Crippen LogP) is 1.68. The van der Waals surface area contributed by atoms with Gasteiger partial charge in [0.25, 0.3) is 0 Å². The highest BCUT2D eigenvalue weighted by atomic mass is 16.6. The number of esters is 2. The van der Waals surface area contributed by atoms with Gasteiger partial charge >= 0.3 is 11.9 Å². The molecule has 5 heteroatoms. The Balaban J connectivity index is 2.55. The smallest absolute Gasteiger partial charge is 0.317 e. The van der Waals surface area contributed by atoms with Gasteiger partial charge in [-0.2, -0.15) is 0 Å². The van der Waals surface area contributed by atoms with Crippen LogP contribution in [0.4, 0.5) is 0 Å². The molecule has 20 heavy (non-hydrogen) atoms. The maximum atomic E-state index is 12.0. The highest BCUT2D eigenvalue weighted by Gasteiger charge is 2.36. The maximum absolute atomic E-state index is 12.0. The second-order valence-electron chi connectivity index (χ2n) is 4.79. The van der Waals surface area contributed by atoms with Crippen molar-refractivity contribution in [2.75, 3.05) is 13.2 Å². The van der Waals surface area contributed by atoms with Crippen molar-refractivity contribution < 1.29 is 24.2 Å². The zero-order chi connectivity index (χ0) is 15.0. The van der Waals surface area contributed by atoms with Gasteiger partial charge in [-0.15, -0.1) is 0 Å². The molecule has 1 unspecified atom stereocenters. The summed E-state index contributed by atoms with van der Waals surface area (Å²) in [7, 11) is 0. The first-order valence-corrected chi connectivity index (χ1v) is 6.49. The molecule has 0 heterocycles. The molecule has 0 saturated heterocycles. The quantitative estimate of drug-likeness (QED) is 0.769. The van der Waals surface area contributed by atoms with Crippen LogP contribution in [-0.4, -0.2) is 30.3 Å². The van der Waals surface area contributed by atoms with E-state index >= 15 is 0 Å². The van der Waals surface area contributed by atoms with Gasteiger partial charge in [0.2, 0.25) is 0 Å². The van der Waals surface area contributed by atoms with E-state index in [4.69, 9.17) is 9.47 Å². The van der Waals surface area contributed by atoms with Crippen molar-refractivity contribution in [1.82, 2.24) is 0 Å². The molecule has 1 aromatic rings. The Kier molecular flexibility index (Phi) is 6.18. The zero-order valence-electron chi connectivity index (χ0n) is 11.8. The van der Waals surface area contributed by atoms with Gasteiger partial charge in [0.15, 0.2) is 0 Å². The molecule has 0 bridgehead atoms. The van der Waals surface area contributed by atoms with Gasteiger partial charge in [-0.25, -0.2) is 0 Å². The molecule has 0 aliphatic carbocycles. The van der Waals surface area contributed by atoms with E-state index in [2.05, 4.69) is 0 Å². The van der Waals surface area contributed by atoms with Crippen molar-refractivity contribution in [1.29, 1.82) is 0 Å². The van der Waals surface area contributed by atoms with Crippen molar-refractivity contribution in [3.8, 4) is 0 Å². The number of aliphatic hydroxyl groups excluding tert-OH is 1. The molecule has 0 spiro atoms. The minimum atomic E-state index is -1.24. The van der Waals surface area contributed by atoms with Crippen molar-refractivity contribution in [3.63, 3.8) is 0 Å². The Morgan fingerprint density at radius 1 is 1.20 bits per heavy atom. The first kappa shape index (κ1) is 16.2. The third-order valence-electron chi connectivity index (χ3n) is 2.89. The molecular weight excluding hydrogens is 260 g/mol. The summed E-state index contributed by atoms with van der Waals surface area (Å²) in [6.07, 6.45) is 0.223. The predicted molar refractivity (Wildman–Crippen MR) is 72.7 cm³/mol. The summed E-state index contributed by atoms with van der Waals surface area (Å²) in [5.41, 5.74) is -0.383. The molecule has 1 aromatic carbocycles. The van der Waals surface area contributed by atoms with Gasteiger partial charge in [-0.3, -0.25) is 9.59 Å². The lowest BCUT2D eigenvalue weighted by atomic mass is 9.93. The molecule has 0 fully saturated rings. The number of rotatable bonds is 7. The average molecular weight is 280 g/mol. The summed E-state index contributed by atoms with van der Waals surface area (Å²) in [5, 5.41) is 9.35. The summed E-state index contributed by atoms with van der Waals surface area (Å²) in [6, 6.07) is 9.23. The van der Waals surface area contributed by atoms with Crippen molar-refractivity contribution in [2.45, 2.75) is 26.9 Å². The van der Waals surface area contributed by atoms with E-state index in [1.807, 2.05) is 30.3 Å². The summed E-state index contributed by atoms with van der Waals surface area (Å²) in [5.74, 6) is -1.01. The third-order valence-corrected chi connectivity index (χ3v) is 2.89. The number of benzene rings is 1. The van der Waals surface area contributed by atoms with Crippen LogP contribution in [0, 0.1) is 5.41 Å². The molecule has 110 valence electrons. The van der Waals surface area contributed by atoms with Gasteiger partial charge < -0.3 is 14.6 Å². The van der Waals surface area contributed by atoms with Crippen LogP contribution in [-0.2, 0) is 25.7 Å². The molecular formula is C15H20O5. The molecule has 0 radical (unpaired) electrons. The van der Waals surface area contributed by atoms with Crippen molar-refractivity contribution in [2.24, 2.45) is 5.41 Å². The van der Waals surface area contributed by atoms with Gasteiger partial charge in [0.1, 0.15) is 18.6 Å². The Morgan fingerprint density at radius 2 is 1.85 bits per heavy atom. The largest absolute Gasteiger partial charge is 0.464 e. The van der Waals surface area contributed by atoms with Crippen LogP contribution in [0.15, 0.2) is 30.3 Å². The molecule has 0 aliphatic rings. The molecule has 1 N–H and O–H groups in total. The molecule has 5 nitrogen and oxygen atoms in total. The van der Waals surface area contributed by atoms with Crippen molar-refractivity contribution >= 4 is 11.9 Å². The maximum Gasteiger partial charge on any atom is 0.317 e. The lowest BCUT2D eigenvalue weighted by Crippen LogP contribution is -2.38. The number of hydrogen-bond donors (Lipinski definition) is 1. The highest BCUT2D eigenvalue weighted by Crippen LogP contribution is 2.19. The second kappa shape index (κ2) is 7.65. The van der Waals surface area contributed by atoms with Crippen molar-refractivity contribution in [3.05, 3.63) is 35.9 Å². The summed E-state index contributed by atoms with van der Waals surface area (Å²) in [6.45, 7) is 2.65. The van der Waals surface area contributed by atoms with E-state index < -0.39 is 24.0 Å². The van der Waals surface area contributed by atoms with Gasteiger partial charge in [0, 0.05) is 6.42 Å². The number of aliphatic hydroxyl groups is 1. The molecule has 1 rings (SSSR count). The van der Waals surface area contributed by atoms with E-state index in [-0.39, 0.29) is 19.6 Å². The fourth-order valence-corrected chi connectivity index (χ4v) is 1.41. The molecule has 1 atom stereocenters. The summed E-state index contributed by atoms with van der Waals surface area (Å²) in [4.78, 5) is 23.1. The number of carbonyl (C=O) groups is 2. The topological polar surface area (TPSA) is 72.8 Å². The van der Waals surface area contributed by atoms with E-state index in [0.29, 0.717) is 0 Å². The fraction of sp³-hybridized carbons (Fsp3) is 0.467. The normalized spacial score (nSPS) is 13.3. The Labute approximate surface area is 118 Å². The van der Waals surface area contributed by atoms with Gasteiger partial charge in [-0.1, -0.05) is 37.3 Å².